The lowest BCUT2D eigenvalue weighted by Crippen LogP contribution is -1.85. The molecule has 0 aliphatic carbocycles. The van der Waals surface area contributed by atoms with Crippen LogP contribution in [0.25, 0.3) is 10.9 Å². The van der Waals surface area contributed by atoms with Gasteiger partial charge < -0.3 is 10.2 Å². The number of nitrogens with zero attached hydrogens (tertiary/aromatic N) is 1. The van der Waals surface area contributed by atoms with Gasteiger partial charge in [0.15, 0.2) is 0 Å². The smallest absolute Gasteiger partial charge is 0.0701 e. The van der Waals surface area contributed by atoms with Crippen molar-refractivity contribution >= 4 is 10.9 Å². The summed E-state index contributed by atoms with van der Waals surface area (Å²) in [7, 11) is 0. The Balaban J connectivity index is 0.000000213. The molecule has 0 aliphatic rings. The van der Waals surface area contributed by atoms with Crippen LogP contribution in [0.4, 0.5) is 0 Å². The molecule has 0 amide bonds. The van der Waals surface area contributed by atoms with Gasteiger partial charge in [-0.15, -0.1) is 0 Å². The van der Waals surface area contributed by atoms with Crippen LogP contribution in [0.2, 0.25) is 0 Å². The van der Waals surface area contributed by atoms with Crippen LogP contribution in [0.5, 0.6) is 0 Å². The molecule has 0 aliphatic heterocycles. The van der Waals surface area contributed by atoms with Crippen molar-refractivity contribution < 1.29 is 10.2 Å². The van der Waals surface area contributed by atoms with Crippen molar-refractivity contribution in [3.63, 3.8) is 0 Å². The summed E-state index contributed by atoms with van der Waals surface area (Å²) in [5.74, 6) is 0. The van der Waals surface area contributed by atoms with E-state index in [0.717, 1.165) is 5.52 Å². The number of aliphatic hydroxyl groups is 2. The van der Waals surface area contributed by atoms with Crippen LogP contribution < -0.4 is 0 Å². The number of benzene rings is 1. The summed E-state index contributed by atoms with van der Waals surface area (Å²) in [5.41, 5.74) is 1.06. The molecule has 0 saturated carbocycles. The van der Waals surface area contributed by atoms with Crippen molar-refractivity contribution in [3.05, 3.63) is 42.6 Å². The normalized spacial score (nSPS) is 9.29. The molecule has 0 atom stereocenters. The Morgan fingerprint density at radius 1 is 0.929 bits per heavy atom. The lowest BCUT2D eigenvalue weighted by atomic mass is 10.2. The van der Waals surface area contributed by atoms with E-state index in [9.17, 15) is 0 Å². The average molecular weight is 191 g/mol. The fourth-order valence-corrected chi connectivity index (χ4v) is 1.02. The molecule has 0 bridgehead atoms. The van der Waals surface area contributed by atoms with Crippen LogP contribution in [-0.2, 0) is 0 Å². The lowest BCUT2D eigenvalue weighted by molar-refractivity contribution is 0.186. The Morgan fingerprint density at radius 2 is 1.57 bits per heavy atom. The Bertz CT molecular complexity index is 309. The molecule has 0 saturated heterocycles. The van der Waals surface area contributed by atoms with Gasteiger partial charge >= 0.3 is 0 Å². The van der Waals surface area contributed by atoms with E-state index in [1.165, 1.54) is 5.39 Å². The summed E-state index contributed by atoms with van der Waals surface area (Å²) in [4.78, 5) is 4.18. The number of aromatic nitrogens is 1. The quantitative estimate of drug-likeness (QED) is 0.712. The van der Waals surface area contributed by atoms with E-state index in [0.29, 0.717) is 0 Å². The molecule has 0 unspecified atom stereocenters. The van der Waals surface area contributed by atoms with E-state index in [2.05, 4.69) is 17.1 Å². The summed E-state index contributed by atoms with van der Waals surface area (Å²) in [6, 6.07) is 12.1. The number of aliphatic hydroxyl groups excluding tert-OH is 2. The van der Waals surface area contributed by atoms with Crippen LogP contribution in [0.3, 0.4) is 0 Å². The van der Waals surface area contributed by atoms with Crippen LogP contribution >= 0.6 is 0 Å². The SMILES string of the molecule is OCCO.c1ccc2ncccc2c1. The van der Waals surface area contributed by atoms with Crippen LogP contribution in [-0.4, -0.2) is 28.4 Å². The van der Waals surface area contributed by atoms with Crippen molar-refractivity contribution in [2.75, 3.05) is 13.2 Å². The number of rotatable bonds is 1. The predicted octanol–water partition coefficient (Wildman–Crippen LogP) is 1.21. The summed E-state index contributed by atoms with van der Waals surface area (Å²) in [6.07, 6.45) is 1.81. The highest BCUT2D eigenvalue weighted by molar-refractivity contribution is 5.77. The van der Waals surface area contributed by atoms with Crippen molar-refractivity contribution in [2.45, 2.75) is 0 Å². The molecule has 74 valence electrons. The first kappa shape index (κ1) is 10.6. The number of hydrogen-bond acceptors (Lipinski definition) is 3. The molecule has 0 radical (unpaired) electrons. The molecule has 1 aromatic heterocycles. The Morgan fingerprint density at radius 3 is 2.21 bits per heavy atom. The first-order chi connectivity index (χ1) is 6.88. The minimum atomic E-state index is -0.125. The highest BCUT2D eigenvalue weighted by Gasteiger charge is 1.86. The molecule has 3 heteroatoms. The van der Waals surface area contributed by atoms with Gasteiger partial charge in [0.1, 0.15) is 0 Å². The molecule has 14 heavy (non-hydrogen) atoms. The zero-order valence-corrected chi connectivity index (χ0v) is 7.80. The fraction of sp³-hybridized carbons (Fsp3) is 0.182. The Hall–Kier alpha value is -1.45. The second-order valence-corrected chi connectivity index (χ2v) is 2.64. The molecular weight excluding hydrogens is 178 g/mol. The first-order valence-corrected chi connectivity index (χ1v) is 4.40. The average Bonchev–Trinajstić information content (AvgIpc) is 2.30. The second-order valence-electron chi connectivity index (χ2n) is 2.64. The van der Waals surface area contributed by atoms with E-state index < -0.39 is 0 Å². The Labute approximate surface area is 82.7 Å². The zero-order chi connectivity index (χ0) is 10.2. The molecule has 0 spiro atoms. The van der Waals surface area contributed by atoms with Gasteiger partial charge in [0.05, 0.1) is 18.7 Å². The largest absolute Gasteiger partial charge is 0.394 e. The van der Waals surface area contributed by atoms with Crippen molar-refractivity contribution in [2.24, 2.45) is 0 Å². The van der Waals surface area contributed by atoms with Gasteiger partial charge in [-0.1, -0.05) is 24.3 Å². The van der Waals surface area contributed by atoms with Crippen molar-refractivity contribution in [3.8, 4) is 0 Å². The molecular formula is C11H13NO2. The highest BCUT2D eigenvalue weighted by Crippen LogP contribution is 2.07. The predicted molar refractivity (Wildman–Crippen MR) is 55.9 cm³/mol. The van der Waals surface area contributed by atoms with E-state index in [1.807, 2.05) is 30.5 Å². The summed E-state index contributed by atoms with van der Waals surface area (Å²) in [5, 5.41) is 16.4. The van der Waals surface area contributed by atoms with Crippen LogP contribution in [0.1, 0.15) is 0 Å². The number of pyridine rings is 1. The topological polar surface area (TPSA) is 53.4 Å². The molecule has 3 nitrogen and oxygen atoms in total. The maximum absolute atomic E-state index is 7.62. The maximum atomic E-state index is 7.62. The van der Waals surface area contributed by atoms with Crippen molar-refractivity contribution in [1.82, 2.24) is 4.98 Å². The minimum Gasteiger partial charge on any atom is -0.394 e. The van der Waals surface area contributed by atoms with E-state index in [-0.39, 0.29) is 13.2 Å². The third-order valence-corrected chi connectivity index (χ3v) is 1.61. The standard InChI is InChI=1S/C9H7N.C2H6O2/c1-2-6-9-8(4-1)5-3-7-10-9;3-1-2-4/h1-7H;3-4H,1-2H2. The number of fused-ring (bicyclic) bond motifs is 1. The van der Waals surface area contributed by atoms with Gasteiger partial charge in [-0.2, -0.15) is 0 Å². The molecule has 2 N–H and O–H groups in total. The zero-order valence-electron chi connectivity index (χ0n) is 7.80. The first-order valence-electron chi connectivity index (χ1n) is 4.40. The molecule has 1 heterocycles. The monoisotopic (exact) mass is 191 g/mol. The maximum Gasteiger partial charge on any atom is 0.0701 e. The van der Waals surface area contributed by atoms with E-state index in [1.54, 1.807) is 0 Å². The lowest BCUT2D eigenvalue weighted by Gasteiger charge is -1.91. The summed E-state index contributed by atoms with van der Waals surface area (Å²) >= 11 is 0. The molecule has 2 rings (SSSR count). The fourth-order valence-electron chi connectivity index (χ4n) is 1.02. The van der Waals surface area contributed by atoms with Crippen LogP contribution in [0.15, 0.2) is 42.6 Å². The van der Waals surface area contributed by atoms with Gasteiger partial charge in [0.25, 0.3) is 0 Å². The van der Waals surface area contributed by atoms with Gasteiger partial charge in [-0.05, 0) is 12.1 Å². The van der Waals surface area contributed by atoms with E-state index >= 15 is 0 Å². The van der Waals surface area contributed by atoms with Gasteiger partial charge in [0, 0.05) is 11.6 Å². The van der Waals surface area contributed by atoms with Gasteiger partial charge in [-0.25, -0.2) is 0 Å². The van der Waals surface area contributed by atoms with Crippen molar-refractivity contribution in [1.29, 1.82) is 0 Å². The van der Waals surface area contributed by atoms with Crippen LogP contribution in [0, 0.1) is 0 Å². The summed E-state index contributed by atoms with van der Waals surface area (Å²) < 4.78 is 0. The van der Waals surface area contributed by atoms with E-state index in [4.69, 9.17) is 10.2 Å². The minimum absolute atomic E-state index is 0.125. The number of para-hydroxylation sites is 1. The second kappa shape index (κ2) is 6.07. The van der Waals surface area contributed by atoms with Gasteiger partial charge in [0.2, 0.25) is 0 Å². The van der Waals surface area contributed by atoms with Gasteiger partial charge in [-0.3, -0.25) is 4.98 Å². The molecule has 2 aromatic rings. The third kappa shape index (κ3) is 3.12. The molecule has 0 fully saturated rings. The Kier molecular flexibility index (Phi) is 4.61. The molecule has 1 aromatic carbocycles. The highest BCUT2D eigenvalue weighted by atomic mass is 16.3. The summed E-state index contributed by atoms with van der Waals surface area (Å²) in [6.45, 7) is -0.250. The third-order valence-electron chi connectivity index (χ3n) is 1.61. The number of hydrogen-bond donors (Lipinski definition) is 2.